The van der Waals surface area contributed by atoms with Crippen molar-refractivity contribution in [3.8, 4) is 0 Å². The van der Waals surface area contributed by atoms with E-state index in [9.17, 15) is 9.18 Å². The van der Waals surface area contributed by atoms with E-state index in [0.29, 0.717) is 6.54 Å². The number of carbonyl (C=O) groups excluding carboxylic acids is 1. The zero-order valence-corrected chi connectivity index (χ0v) is 11.8. The second-order valence-electron chi connectivity index (χ2n) is 4.89. The highest BCUT2D eigenvalue weighted by Gasteiger charge is 2.34. The van der Waals surface area contributed by atoms with Crippen molar-refractivity contribution in [1.82, 2.24) is 5.32 Å². The SMILES string of the molecule is NCC1(NC(=O)c2cc(F)c(Cl)cc2Cl)CCCC1. The molecule has 1 aromatic carbocycles. The molecule has 0 aliphatic heterocycles. The summed E-state index contributed by atoms with van der Waals surface area (Å²) >= 11 is 11.5. The van der Waals surface area contributed by atoms with E-state index in [2.05, 4.69) is 5.32 Å². The predicted octanol–water partition coefficient (Wildman–Crippen LogP) is 3.13. The van der Waals surface area contributed by atoms with Crippen LogP contribution in [0.3, 0.4) is 0 Å². The summed E-state index contributed by atoms with van der Waals surface area (Å²) in [5, 5.41) is 2.92. The van der Waals surface area contributed by atoms with Crippen molar-refractivity contribution in [2.45, 2.75) is 31.2 Å². The summed E-state index contributed by atoms with van der Waals surface area (Å²) in [6, 6.07) is 2.29. The molecule has 0 aromatic heterocycles. The van der Waals surface area contributed by atoms with Crippen LogP contribution in [0.4, 0.5) is 4.39 Å². The van der Waals surface area contributed by atoms with Gasteiger partial charge in [-0.15, -0.1) is 0 Å². The normalized spacial score (nSPS) is 17.5. The van der Waals surface area contributed by atoms with E-state index < -0.39 is 17.3 Å². The number of nitrogens with two attached hydrogens (primary N) is 1. The van der Waals surface area contributed by atoms with Crippen LogP contribution in [0.2, 0.25) is 10.0 Å². The molecule has 0 unspecified atom stereocenters. The van der Waals surface area contributed by atoms with Gasteiger partial charge in [-0.05, 0) is 25.0 Å². The Morgan fingerprint density at radius 1 is 1.32 bits per heavy atom. The molecule has 3 N–H and O–H groups in total. The molecule has 2 rings (SSSR count). The van der Waals surface area contributed by atoms with Gasteiger partial charge in [0, 0.05) is 6.54 Å². The summed E-state index contributed by atoms with van der Waals surface area (Å²) in [6.45, 7) is 0.367. The highest BCUT2D eigenvalue weighted by atomic mass is 35.5. The molecule has 1 saturated carbocycles. The van der Waals surface area contributed by atoms with Gasteiger partial charge in [-0.2, -0.15) is 0 Å². The first kappa shape index (κ1) is 14.6. The van der Waals surface area contributed by atoms with E-state index in [0.717, 1.165) is 31.7 Å². The van der Waals surface area contributed by atoms with Gasteiger partial charge in [0.05, 0.1) is 21.1 Å². The van der Waals surface area contributed by atoms with E-state index in [1.807, 2.05) is 0 Å². The molecular formula is C13H15Cl2FN2O. The first-order chi connectivity index (χ1) is 8.97. The maximum atomic E-state index is 13.4. The predicted molar refractivity (Wildman–Crippen MR) is 74.1 cm³/mol. The fourth-order valence-corrected chi connectivity index (χ4v) is 2.91. The molecule has 0 spiro atoms. The Morgan fingerprint density at radius 3 is 2.53 bits per heavy atom. The lowest BCUT2D eigenvalue weighted by molar-refractivity contribution is 0.0903. The third-order valence-corrected chi connectivity index (χ3v) is 4.19. The lowest BCUT2D eigenvalue weighted by atomic mass is 9.97. The summed E-state index contributed by atoms with van der Waals surface area (Å²) in [6.07, 6.45) is 3.73. The van der Waals surface area contributed by atoms with Crippen LogP contribution >= 0.6 is 23.2 Å². The van der Waals surface area contributed by atoms with Gasteiger partial charge in [0.15, 0.2) is 0 Å². The molecule has 1 amide bonds. The summed E-state index contributed by atoms with van der Waals surface area (Å²) < 4.78 is 13.4. The number of rotatable bonds is 3. The number of carbonyl (C=O) groups is 1. The Labute approximate surface area is 121 Å². The Balaban J connectivity index is 2.22. The van der Waals surface area contributed by atoms with E-state index in [4.69, 9.17) is 28.9 Å². The van der Waals surface area contributed by atoms with Crippen LogP contribution in [0.15, 0.2) is 12.1 Å². The van der Waals surface area contributed by atoms with Gasteiger partial charge in [-0.25, -0.2) is 4.39 Å². The van der Waals surface area contributed by atoms with Crippen LogP contribution in [0.25, 0.3) is 0 Å². The molecular weight excluding hydrogens is 290 g/mol. The van der Waals surface area contributed by atoms with Gasteiger partial charge in [-0.3, -0.25) is 4.79 Å². The molecule has 0 bridgehead atoms. The van der Waals surface area contributed by atoms with E-state index in [1.54, 1.807) is 0 Å². The Bertz CT molecular complexity index is 502. The second-order valence-corrected chi connectivity index (χ2v) is 5.71. The monoisotopic (exact) mass is 304 g/mol. The molecule has 104 valence electrons. The molecule has 1 aliphatic carbocycles. The maximum absolute atomic E-state index is 13.4. The van der Waals surface area contributed by atoms with Crippen molar-refractivity contribution in [3.05, 3.63) is 33.6 Å². The Kier molecular flexibility index (Phi) is 4.33. The van der Waals surface area contributed by atoms with Gasteiger partial charge in [0.2, 0.25) is 0 Å². The smallest absolute Gasteiger partial charge is 0.253 e. The Hall–Kier alpha value is -0.840. The van der Waals surface area contributed by atoms with Gasteiger partial charge in [0.25, 0.3) is 5.91 Å². The fraction of sp³-hybridized carbons (Fsp3) is 0.462. The molecule has 6 heteroatoms. The van der Waals surface area contributed by atoms with Crippen molar-refractivity contribution >= 4 is 29.1 Å². The maximum Gasteiger partial charge on any atom is 0.253 e. The van der Waals surface area contributed by atoms with Crippen LogP contribution in [-0.4, -0.2) is 18.0 Å². The average molecular weight is 305 g/mol. The molecule has 0 radical (unpaired) electrons. The fourth-order valence-electron chi connectivity index (χ4n) is 2.44. The van der Waals surface area contributed by atoms with Crippen LogP contribution in [0.1, 0.15) is 36.0 Å². The highest BCUT2D eigenvalue weighted by molar-refractivity contribution is 6.36. The number of amides is 1. The van der Waals surface area contributed by atoms with Gasteiger partial charge in [-0.1, -0.05) is 36.0 Å². The minimum atomic E-state index is -0.663. The minimum absolute atomic E-state index is 0.0864. The van der Waals surface area contributed by atoms with E-state index in [1.165, 1.54) is 6.07 Å². The summed E-state index contributed by atoms with van der Waals surface area (Å²) in [5.74, 6) is -1.07. The van der Waals surface area contributed by atoms with Gasteiger partial charge >= 0.3 is 0 Å². The molecule has 1 aliphatic rings. The molecule has 0 atom stereocenters. The van der Waals surface area contributed by atoms with Crippen LogP contribution < -0.4 is 11.1 Å². The largest absolute Gasteiger partial charge is 0.345 e. The van der Waals surface area contributed by atoms with Crippen LogP contribution in [-0.2, 0) is 0 Å². The summed E-state index contributed by atoms with van der Waals surface area (Å²) in [7, 11) is 0. The number of nitrogens with one attached hydrogen (secondary N) is 1. The van der Waals surface area contributed by atoms with Gasteiger partial charge in [0.1, 0.15) is 5.82 Å². The first-order valence-corrected chi connectivity index (χ1v) is 6.90. The first-order valence-electron chi connectivity index (χ1n) is 6.14. The molecule has 1 aromatic rings. The highest BCUT2D eigenvalue weighted by Crippen LogP contribution is 2.30. The van der Waals surface area contributed by atoms with Crippen molar-refractivity contribution in [2.75, 3.05) is 6.54 Å². The molecule has 19 heavy (non-hydrogen) atoms. The molecule has 0 heterocycles. The summed E-state index contributed by atoms with van der Waals surface area (Å²) in [4.78, 5) is 12.2. The Morgan fingerprint density at radius 2 is 1.95 bits per heavy atom. The quantitative estimate of drug-likeness (QED) is 0.843. The van der Waals surface area contributed by atoms with Crippen molar-refractivity contribution < 1.29 is 9.18 Å². The van der Waals surface area contributed by atoms with Gasteiger partial charge < -0.3 is 11.1 Å². The average Bonchev–Trinajstić information content (AvgIpc) is 2.83. The number of benzene rings is 1. The van der Waals surface area contributed by atoms with Crippen molar-refractivity contribution in [2.24, 2.45) is 5.73 Å². The van der Waals surface area contributed by atoms with Crippen LogP contribution in [0.5, 0.6) is 0 Å². The molecule has 1 fully saturated rings. The van der Waals surface area contributed by atoms with Crippen molar-refractivity contribution in [3.63, 3.8) is 0 Å². The number of hydrogen-bond acceptors (Lipinski definition) is 2. The third kappa shape index (κ3) is 3.02. The minimum Gasteiger partial charge on any atom is -0.345 e. The second kappa shape index (κ2) is 5.65. The standard InChI is InChI=1S/C13H15Cl2FN2O/c14-9-6-10(15)11(16)5-8(9)12(19)18-13(7-17)3-1-2-4-13/h5-6H,1-4,7,17H2,(H,18,19). The lowest BCUT2D eigenvalue weighted by Gasteiger charge is -2.28. The molecule has 0 saturated heterocycles. The number of hydrogen-bond donors (Lipinski definition) is 2. The summed E-state index contributed by atoms with van der Waals surface area (Å²) in [5.41, 5.74) is 5.44. The van der Waals surface area contributed by atoms with Crippen LogP contribution in [0, 0.1) is 5.82 Å². The number of halogens is 3. The van der Waals surface area contributed by atoms with E-state index in [-0.39, 0.29) is 15.6 Å². The topological polar surface area (TPSA) is 55.1 Å². The molecule has 3 nitrogen and oxygen atoms in total. The zero-order valence-electron chi connectivity index (χ0n) is 10.3. The lowest BCUT2D eigenvalue weighted by Crippen LogP contribution is -2.51. The third-order valence-electron chi connectivity index (χ3n) is 3.58. The van der Waals surface area contributed by atoms with Crippen molar-refractivity contribution in [1.29, 1.82) is 0 Å². The zero-order chi connectivity index (χ0) is 14.0. The van der Waals surface area contributed by atoms with E-state index >= 15 is 0 Å².